The van der Waals surface area contributed by atoms with Crippen LogP contribution in [0.15, 0.2) is 22.7 Å². The minimum atomic E-state index is 0.693. The number of benzene rings is 1. The molecule has 3 heteroatoms. The molecule has 2 nitrogen and oxygen atoms in total. The highest BCUT2D eigenvalue weighted by atomic mass is 79.9. The molecule has 0 spiro atoms. The zero-order chi connectivity index (χ0) is 13.7. The molecule has 1 saturated carbocycles. The quantitative estimate of drug-likeness (QED) is 0.815. The molecule has 1 aliphatic carbocycles. The standard InChI is InChI=1S/C16H24BrNO/c1-12-4-3-5-15(10-12)18-8-9-19-16-7-6-14(17)11-13(16)2/h6-7,11-12,15,18H,3-5,8-10H2,1-2H3. The monoisotopic (exact) mass is 325 g/mol. The van der Waals surface area contributed by atoms with Gasteiger partial charge in [-0.15, -0.1) is 0 Å². The van der Waals surface area contributed by atoms with Gasteiger partial charge in [-0.05, 0) is 49.4 Å². The zero-order valence-corrected chi connectivity index (χ0v) is 13.5. The second-order valence-corrected chi connectivity index (χ2v) is 6.60. The van der Waals surface area contributed by atoms with Crippen molar-refractivity contribution in [2.24, 2.45) is 5.92 Å². The van der Waals surface area contributed by atoms with Crippen LogP contribution in [0.4, 0.5) is 0 Å². The second-order valence-electron chi connectivity index (χ2n) is 5.68. The highest BCUT2D eigenvalue weighted by Crippen LogP contribution is 2.24. The van der Waals surface area contributed by atoms with Gasteiger partial charge in [-0.25, -0.2) is 0 Å². The third kappa shape index (κ3) is 4.81. The molecule has 1 aromatic rings. The maximum absolute atomic E-state index is 5.83. The van der Waals surface area contributed by atoms with Crippen molar-refractivity contribution in [2.45, 2.75) is 45.6 Å². The summed E-state index contributed by atoms with van der Waals surface area (Å²) in [7, 11) is 0. The van der Waals surface area contributed by atoms with Crippen molar-refractivity contribution in [3.05, 3.63) is 28.2 Å². The highest BCUT2D eigenvalue weighted by molar-refractivity contribution is 9.10. The van der Waals surface area contributed by atoms with Crippen LogP contribution < -0.4 is 10.1 Å². The SMILES string of the molecule is Cc1cc(Br)ccc1OCCNC1CCCC(C)C1. The van der Waals surface area contributed by atoms with Gasteiger partial charge in [0.1, 0.15) is 12.4 Å². The van der Waals surface area contributed by atoms with Crippen LogP contribution in [-0.4, -0.2) is 19.2 Å². The van der Waals surface area contributed by atoms with Gasteiger partial charge in [0, 0.05) is 17.1 Å². The minimum absolute atomic E-state index is 0.693. The van der Waals surface area contributed by atoms with Crippen molar-refractivity contribution in [1.29, 1.82) is 0 Å². The van der Waals surface area contributed by atoms with E-state index in [4.69, 9.17) is 4.74 Å². The van der Waals surface area contributed by atoms with E-state index in [1.54, 1.807) is 0 Å². The van der Waals surface area contributed by atoms with E-state index in [9.17, 15) is 0 Å². The van der Waals surface area contributed by atoms with Crippen molar-refractivity contribution in [2.75, 3.05) is 13.2 Å². The Morgan fingerprint density at radius 1 is 1.37 bits per heavy atom. The van der Waals surface area contributed by atoms with Gasteiger partial charge >= 0.3 is 0 Å². The molecule has 2 atom stereocenters. The molecule has 0 saturated heterocycles. The summed E-state index contributed by atoms with van der Waals surface area (Å²) in [6.45, 7) is 6.12. The fraction of sp³-hybridized carbons (Fsp3) is 0.625. The van der Waals surface area contributed by atoms with Gasteiger partial charge in [0.15, 0.2) is 0 Å². The maximum Gasteiger partial charge on any atom is 0.122 e. The lowest BCUT2D eigenvalue weighted by atomic mass is 9.87. The number of nitrogens with one attached hydrogen (secondary N) is 1. The molecule has 0 heterocycles. The molecule has 0 aliphatic heterocycles. The summed E-state index contributed by atoms with van der Waals surface area (Å²) in [5, 5.41) is 3.62. The molecule has 1 N–H and O–H groups in total. The third-order valence-corrected chi connectivity index (χ3v) is 4.36. The predicted molar refractivity (Wildman–Crippen MR) is 83.8 cm³/mol. The summed E-state index contributed by atoms with van der Waals surface area (Å²) in [6, 6.07) is 6.84. The van der Waals surface area contributed by atoms with Crippen LogP contribution in [0.2, 0.25) is 0 Å². The zero-order valence-electron chi connectivity index (χ0n) is 11.9. The second kappa shape index (κ2) is 7.30. The Morgan fingerprint density at radius 3 is 2.95 bits per heavy atom. The van der Waals surface area contributed by atoms with E-state index >= 15 is 0 Å². The number of aryl methyl sites for hydroxylation is 1. The Morgan fingerprint density at radius 2 is 2.21 bits per heavy atom. The average Bonchev–Trinajstić information content (AvgIpc) is 2.37. The van der Waals surface area contributed by atoms with Crippen molar-refractivity contribution in [3.63, 3.8) is 0 Å². The third-order valence-electron chi connectivity index (χ3n) is 3.87. The predicted octanol–water partition coefficient (Wildman–Crippen LogP) is 4.30. The Bertz CT molecular complexity index is 408. The van der Waals surface area contributed by atoms with Crippen LogP contribution in [0.3, 0.4) is 0 Å². The fourth-order valence-corrected chi connectivity index (χ4v) is 3.29. The molecular weight excluding hydrogens is 302 g/mol. The van der Waals surface area contributed by atoms with Gasteiger partial charge in [0.05, 0.1) is 0 Å². The Labute approximate surface area is 125 Å². The molecular formula is C16H24BrNO. The average molecular weight is 326 g/mol. The normalized spacial score (nSPS) is 23.3. The molecule has 1 aliphatic rings. The molecule has 0 radical (unpaired) electrons. The van der Waals surface area contributed by atoms with Gasteiger partial charge in [-0.3, -0.25) is 0 Å². The van der Waals surface area contributed by atoms with Crippen molar-refractivity contribution in [3.8, 4) is 5.75 Å². The van der Waals surface area contributed by atoms with Crippen molar-refractivity contribution in [1.82, 2.24) is 5.32 Å². The highest BCUT2D eigenvalue weighted by Gasteiger charge is 2.17. The minimum Gasteiger partial charge on any atom is -0.492 e. The van der Waals surface area contributed by atoms with Crippen LogP contribution in [0.5, 0.6) is 5.75 Å². The number of rotatable bonds is 5. The van der Waals surface area contributed by atoms with Crippen molar-refractivity contribution < 1.29 is 4.74 Å². The van der Waals surface area contributed by atoms with Gasteiger partial charge in [0.25, 0.3) is 0 Å². The van der Waals surface area contributed by atoms with E-state index in [0.717, 1.165) is 29.3 Å². The van der Waals surface area contributed by atoms with Crippen LogP contribution in [0.25, 0.3) is 0 Å². The Kier molecular flexibility index (Phi) is 5.71. The van der Waals surface area contributed by atoms with Crippen LogP contribution in [0, 0.1) is 12.8 Å². The van der Waals surface area contributed by atoms with Crippen LogP contribution in [0.1, 0.15) is 38.2 Å². The molecule has 0 amide bonds. The van der Waals surface area contributed by atoms with E-state index in [2.05, 4.69) is 41.2 Å². The smallest absolute Gasteiger partial charge is 0.122 e. The van der Waals surface area contributed by atoms with E-state index < -0.39 is 0 Å². The topological polar surface area (TPSA) is 21.3 Å². The number of halogens is 1. The molecule has 2 rings (SSSR count). The molecule has 0 aromatic heterocycles. The first-order chi connectivity index (χ1) is 9.15. The van der Waals surface area contributed by atoms with Gasteiger partial charge < -0.3 is 10.1 Å². The van der Waals surface area contributed by atoms with E-state index in [-0.39, 0.29) is 0 Å². The summed E-state index contributed by atoms with van der Waals surface area (Å²) < 4.78 is 6.93. The summed E-state index contributed by atoms with van der Waals surface area (Å²) in [5.74, 6) is 1.86. The van der Waals surface area contributed by atoms with Crippen LogP contribution >= 0.6 is 15.9 Å². The molecule has 19 heavy (non-hydrogen) atoms. The van der Waals surface area contributed by atoms with Crippen molar-refractivity contribution >= 4 is 15.9 Å². The summed E-state index contributed by atoms with van der Waals surface area (Å²) in [4.78, 5) is 0. The van der Waals surface area contributed by atoms with Gasteiger partial charge in [-0.2, -0.15) is 0 Å². The number of hydrogen-bond acceptors (Lipinski definition) is 2. The Balaban J connectivity index is 1.69. The van der Waals surface area contributed by atoms with E-state index in [0.29, 0.717) is 6.04 Å². The van der Waals surface area contributed by atoms with Crippen LogP contribution in [-0.2, 0) is 0 Å². The first-order valence-corrected chi connectivity index (χ1v) is 8.07. The molecule has 106 valence electrons. The summed E-state index contributed by atoms with van der Waals surface area (Å²) in [5.41, 5.74) is 1.18. The van der Waals surface area contributed by atoms with Gasteiger partial charge in [-0.1, -0.05) is 35.7 Å². The largest absolute Gasteiger partial charge is 0.492 e. The lowest BCUT2D eigenvalue weighted by Crippen LogP contribution is -2.36. The molecule has 1 fully saturated rings. The molecule has 0 bridgehead atoms. The first-order valence-electron chi connectivity index (χ1n) is 7.27. The van der Waals surface area contributed by atoms with E-state index in [1.165, 1.54) is 31.2 Å². The maximum atomic E-state index is 5.83. The number of hydrogen-bond donors (Lipinski definition) is 1. The summed E-state index contributed by atoms with van der Waals surface area (Å²) >= 11 is 3.47. The van der Waals surface area contributed by atoms with E-state index in [1.807, 2.05) is 12.1 Å². The molecule has 1 aromatic carbocycles. The Hall–Kier alpha value is -0.540. The summed E-state index contributed by atoms with van der Waals surface area (Å²) in [6.07, 6.45) is 5.40. The number of ether oxygens (including phenoxy) is 1. The molecule has 2 unspecified atom stereocenters. The fourth-order valence-electron chi connectivity index (χ4n) is 2.82. The first kappa shape index (κ1) is 14.9. The lowest BCUT2D eigenvalue weighted by Gasteiger charge is -2.27. The van der Waals surface area contributed by atoms with Gasteiger partial charge in [0.2, 0.25) is 0 Å². The lowest BCUT2D eigenvalue weighted by molar-refractivity contribution is 0.265.